The average Bonchev–Trinajstić information content (AvgIpc) is 2.15. The summed E-state index contributed by atoms with van der Waals surface area (Å²) in [5.41, 5.74) is 5.12. The number of hydrogen-bond acceptors (Lipinski definition) is 4. The van der Waals surface area contributed by atoms with Gasteiger partial charge in [0.1, 0.15) is 0 Å². The number of ether oxygens (including phenoxy) is 1. The van der Waals surface area contributed by atoms with Crippen molar-refractivity contribution in [3.63, 3.8) is 0 Å². The summed E-state index contributed by atoms with van der Waals surface area (Å²) in [5.74, 6) is -0.587. The number of primary amides is 1. The molecule has 0 aromatic heterocycles. The van der Waals surface area contributed by atoms with E-state index < -0.39 is 0 Å². The van der Waals surface area contributed by atoms with Crippen LogP contribution in [-0.2, 0) is 14.3 Å². The van der Waals surface area contributed by atoms with Gasteiger partial charge in [0.15, 0.2) is 0 Å². The van der Waals surface area contributed by atoms with Gasteiger partial charge in [-0.3, -0.25) is 14.5 Å². The van der Waals surface area contributed by atoms with Crippen LogP contribution < -0.4 is 5.73 Å². The number of likely N-dealkylation sites (N-methyl/N-ethyl adjacent to an activating group) is 1. The lowest BCUT2D eigenvalue weighted by Crippen LogP contribution is -2.40. The molecule has 0 bridgehead atoms. The van der Waals surface area contributed by atoms with E-state index in [0.29, 0.717) is 19.4 Å². The van der Waals surface area contributed by atoms with Crippen molar-refractivity contribution < 1.29 is 14.3 Å². The number of nitrogens with two attached hydrogens (primary N) is 1. The lowest BCUT2D eigenvalue weighted by molar-refractivity contribution is -0.140. The van der Waals surface area contributed by atoms with Gasteiger partial charge in [-0.1, -0.05) is 0 Å². The standard InChI is InChI=1S/C9H18N2O3/c1-7(9(10)13)11(2)6-4-5-8(12)14-3/h7H,4-6H2,1-3H3,(H2,10,13). The van der Waals surface area contributed by atoms with Crippen LogP contribution in [-0.4, -0.2) is 43.5 Å². The number of amides is 1. The number of nitrogens with zero attached hydrogens (tertiary/aromatic N) is 1. The first-order chi connectivity index (χ1) is 6.49. The van der Waals surface area contributed by atoms with Gasteiger partial charge >= 0.3 is 5.97 Å². The van der Waals surface area contributed by atoms with Gasteiger partial charge in [-0.15, -0.1) is 0 Å². The third-order valence-electron chi connectivity index (χ3n) is 2.19. The minimum Gasteiger partial charge on any atom is -0.469 e. The zero-order valence-corrected chi connectivity index (χ0v) is 8.95. The van der Waals surface area contributed by atoms with Crippen molar-refractivity contribution in [1.29, 1.82) is 0 Å². The predicted molar refractivity (Wildman–Crippen MR) is 52.5 cm³/mol. The van der Waals surface area contributed by atoms with E-state index in [9.17, 15) is 9.59 Å². The highest BCUT2D eigenvalue weighted by molar-refractivity contribution is 5.79. The Balaban J connectivity index is 3.68. The minimum absolute atomic E-state index is 0.231. The van der Waals surface area contributed by atoms with Gasteiger partial charge in [0.2, 0.25) is 5.91 Å². The molecule has 0 aliphatic carbocycles. The largest absolute Gasteiger partial charge is 0.469 e. The summed E-state index contributed by atoms with van der Waals surface area (Å²) in [6, 6.07) is -0.298. The lowest BCUT2D eigenvalue weighted by atomic mass is 10.2. The van der Waals surface area contributed by atoms with Crippen molar-refractivity contribution in [1.82, 2.24) is 4.90 Å². The van der Waals surface area contributed by atoms with Crippen LogP contribution in [0.4, 0.5) is 0 Å². The number of esters is 1. The molecule has 0 aromatic rings. The first kappa shape index (κ1) is 12.9. The highest BCUT2D eigenvalue weighted by Crippen LogP contribution is 1.99. The SMILES string of the molecule is COC(=O)CCCN(C)C(C)C(N)=O. The number of rotatable bonds is 6. The molecule has 0 heterocycles. The van der Waals surface area contributed by atoms with Crippen molar-refractivity contribution in [2.45, 2.75) is 25.8 Å². The highest BCUT2D eigenvalue weighted by Gasteiger charge is 2.14. The number of methoxy groups -OCH3 is 1. The van der Waals surface area contributed by atoms with Gasteiger partial charge in [0, 0.05) is 6.42 Å². The Morgan fingerprint density at radius 2 is 2.07 bits per heavy atom. The number of carbonyl (C=O) groups excluding carboxylic acids is 2. The van der Waals surface area contributed by atoms with Crippen LogP contribution in [0.5, 0.6) is 0 Å². The zero-order valence-electron chi connectivity index (χ0n) is 8.95. The highest BCUT2D eigenvalue weighted by atomic mass is 16.5. The molecular formula is C9H18N2O3. The molecule has 5 heteroatoms. The van der Waals surface area contributed by atoms with Gasteiger partial charge in [-0.2, -0.15) is 0 Å². The average molecular weight is 202 g/mol. The number of hydrogen-bond donors (Lipinski definition) is 1. The van der Waals surface area contributed by atoms with E-state index in [1.807, 2.05) is 4.90 Å². The minimum atomic E-state index is -0.356. The fourth-order valence-corrected chi connectivity index (χ4v) is 0.986. The molecule has 0 saturated heterocycles. The fraction of sp³-hybridized carbons (Fsp3) is 0.778. The molecule has 2 N–H and O–H groups in total. The summed E-state index contributed by atoms with van der Waals surface area (Å²) in [5, 5.41) is 0. The monoisotopic (exact) mass is 202 g/mol. The van der Waals surface area contributed by atoms with E-state index >= 15 is 0 Å². The third-order valence-corrected chi connectivity index (χ3v) is 2.19. The first-order valence-electron chi connectivity index (χ1n) is 4.55. The second-order valence-electron chi connectivity index (χ2n) is 3.24. The quantitative estimate of drug-likeness (QED) is 0.602. The van der Waals surface area contributed by atoms with E-state index in [4.69, 9.17) is 5.73 Å². The maximum absolute atomic E-state index is 10.8. The molecule has 1 amide bonds. The second-order valence-corrected chi connectivity index (χ2v) is 3.24. The van der Waals surface area contributed by atoms with E-state index in [0.717, 1.165) is 0 Å². The summed E-state index contributed by atoms with van der Waals surface area (Å²) in [6.45, 7) is 2.39. The summed E-state index contributed by atoms with van der Waals surface area (Å²) in [4.78, 5) is 23.4. The first-order valence-corrected chi connectivity index (χ1v) is 4.55. The van der Waals surface area contributed by atoms with Crippen molar-refractivity contribution >= 4 is 11.9 Å². The van der Waals surface area contributed by atoms with Gasteiger partial charge in [0.25, 0.3) is 0 Å². The fourth-order valence-electron chi connectivity index (χ4n) is 0.986. The van der Waals surface area contributed by atoms with Crippen molar-refractivity contribution in [3.05, 3.63) is 0 Å². The molecule has 0 rings (SSSR count). The Hall–Kier alpha value is -1.10. The lowest BCUT2D eigenvalue weighted by Gasteiger charge is -2.21. The molecule has 0 aliphatic heterocycles. The number of carbonyl (C=O) groups is 2. The molecule has 14 heavy (non-hydrogen) atoms. The summed E-state index contributed by atoms with van der Waals surface area (Å²) >= 11 is 0. The van der Waals surface area contributed by atoms with Crippen LogP contribution in [0.2, 0.25) is 0 Å². The Morgan fingerprint density at radius 3 is 2.50 bits per heavy atom. The molecule has 0 radical (unpaired) electrons. The Labute approximate surface area is 84.2 Å². The Bertz CT molecular complexity index is 206. The summed E-state index contributed by atoms with van der Waals surface area (Å²) in [6.07, 6.45) is 1.03. The third kappa shape index (κ3) is 4.81. The molecular weight excluding hydrogens is 184 g/mol. The maximum Gasteiger partial charge on any atom is 0.305 e. The van der Waals surface area contributed by atoms with Crippen LogP contribution in [0.3, 0.4) is 0 Å². The van der Waals surface area contributed by atoms with Crippen LogP contribution in [0.1, 0.15) is 19.8 Å². The van der Waals surface area contributed by atoms with Crippen molar-refractivity contribution in [2.75, 3.05) is 20.7 Å². The normalized spacial score (nSPS) is 12.6. The van der Waals surface area contributed by atoms with E-state index in [-0.39, 0.29) is 17.9 Å². The van der Waals surface area contributed by atoms with Crippen molar-refractivity contribution in [3.8, 4) is 0 Å². The summed E-state index contributed by atoms with van der Waals surface area (Å²) < 4.78 is 4.49. The molecule has 0 aliphatic rings. The second kappa shape index (κ2) is 6.37. The molecule has 0 spiro atoms. The van der Waals surface area contributed by atoms with Gasteiger partial charge < -0.3 is 10.5 Å². The van der Waals surface area contributed by atoms with Gasteiger partial charge in [0.05, 0.1) is 13.2 Å². The molecule has 1 unspecified atom stereocenters. The molecule has 0 fully saturated rings. The topological polar surface area (TPSA) is 72.6 Å². The van der Waals surface area contributed by atoms with Gasteiger partial charge in [-0.05, 0) is 26.9 Å². The van der Waals surface area contributed by atoms with Gasteiger partial charge in [-0.25, -0.2) is 0 Å². The van der Waals surface area contributed by atoms with E-state index in [1.54, 1.807) is 14.0 Å². The van der Waals surface area contributed by atoms with E-state index in [1.165, 1.54) is 7.11 Å². The zero-order chi connectivity index (χ0) is 11.1. The molecule has 82 valence electrons. The molecule has 0 aromatic carbocycles. The van der Waals surface area contributed by atoms with Crippen LogP contribution in [0.25, 0.3) is 0 Å². The Morgan fingerprint density at radius 1 is 1.50 bits per heavy atom. The molecule has 5 nitrogen and oxygen atoms in total. The Kier molecular flexibility index (Phi) is 5.87. The predicted octanol–water partition coefficient (Wildman–Crippen LogP) is -0.255. The smallest absolute Gasteiger partial charge is 0.305 e. The maximum atomic E-state index is 10.8. The summed E-state index contributed by atoms with van der Waals surface area (Å²) in [7, 11) is 3.16. The molecule has 0 saturated carbocycles. The van der Waals surface area contributed by atoms with Crippen LogP contribution in [0.15, 0.2) is 0 Å². The van der Waals surface area contributed by atoms with Crippen LogP contribution >= 0.6 is 0 Å². The van der Waals surface area contributed by atoms with E-state index in [2.05, 4.69) is 4.74 Å². The van der Waals surface area contributed by atoms with Crippen molar-refractivity contribution in [2.24, 2.45) is 5.73 Å². The molecule has 1 atom stereocenters. The van der Waals surface area contributed by atoms with Crippen LogP contribution in [0, 0.1) is 0 Å².